The van der Waals surface area contributed by atoms with Gasteiger partial charge >= 0.3 is 0 Å². The van der Waals surface area contributed by atoms with Gasteiger partial charge in [0.1, 0.15) is 0 Å². The van der Waals surface area contributed by atoms with Crippen LogP contribution in [-0.2, 0) is 9.59 Å². The summed E-state index contributed by atoms with van der Waals surface area (Å²) < 4.78 is 0. The normalized spacial score (nSPS) is 10.1. The molecule has 0 unspecified atom stereocenters. The number of benzene rings is 2. The molecule has 0 aromatic heterocycles. The SMILES string of the molecule is CCCC(=O)Nc1ccc(NC(=O)CNc2ccccc2Cl)cc1. The molecule has 5 nitrogen and oxygen atoms in total. The number of amides is 2. The Kier molecular flexibility index (Phi) is 6.63. The zero-order valence-electron chi connectivity index (χ0n) is 13.4. The Hall–Kier alpha value is -2.53. The third-order valence-corrected chi connectivity index (χ3v) is 3.57. The first-order chi connectivity index (χ1) is 11.6. The maximum atomic E-state index is 12.0. The summed E-state index contributed by atoms with van der Waals surface area (Å²) in [6.07, 6.45) is 1.30. The average molecular weight is 346 g/mol. The molecule has 3 N–H and O–H groups in total. The number of carbonyl (C=O) groups excluding carboxylic acids is 2. The second-order valence-corrected chi connectivity index (χ2v) is 5.66. The summed E-state index contributed by atoms with van der Waals surface area (Å²) in [7, 11) is 0. The zero-order chi connectivity index (χ0) is 17.4. The van der Waals surface area contributed by atoms with Gasteiger partial charge in [-0.15, -0.1) is 0 Å². The first-order valence-electron chi connectivity index (χ1n) is 7.76. The summed E-state index contributed by atoms with van der Waals surface area (Å²) in [5.74, 6) is -0.198. The van der Waals surface area contributed by atoms with Gasteiger partial charge in [-0.1, -0.05) is 30.7 Å². The summed E-state index contributed by atoms with van der Waals surface area (Å²) in [5.41, 5.74) is 2.08. The van der Waals surface area contributed by atoms with Gasteiger partial charge in [0.25, 0.3) is 0 Å². The van der Waals surface area contributed by atoms with Gasteiger partial charge in [-0.2, -0.15) is 0 Å². The molecule has 0 spiro atoms. The molecule has 2 rings (SSSR count). The summed E-state index contributed by atoms with van der Waals surface area (Å²) >= 11 is 6.02. The van der Waals surface area contributed by atoms with Gasteiger partial charge in [0.15, 0.2) is 0 Å². The van der Waals surface area contributed by atoms with Crippen LogP contribution in [0, 0.1) is 0 Å². The van der Waals surface area contributed by atoms with E-state index in [0.717, 1.165) is 6.42 Å². The van der Waals surface area contributed by atoms with E-state index in [9.17, 15) is 9.59 Å². The van der Waals surface area contributed by atoms with Crippen molar-refractivity contribution in [2.75, 3.05) is 22.5 Å². The van der Waals surface area contributed by atoms with E-state index in [1.54, 1.807) is 30.3 Å². The highest BCUT2D eigenvalue weighted by Gasteiger charge is 2.05. The van der Waals surface area contributed by atoms with E-state index in [2.05, 4.69) is 16.0 Å². The lowest BCUT2D eigenvalue weighted by Gasteiger charge is -2.10. The van der Waals surface area contributed by atoms with Crippen LogP contribution in [0.4, 0.5) is 17.1 Å². The Morgan fingerprint density at radius 1 is 0.917 bits per heavy atom. The van der Waals surface area contributed by atoms with Crippen LogP contribution in [0.2, 0.25) is 5.02 Å². The average Bonchev–Trinajstić information content (AvgIpc) is 2.56. The lowest BCUT2D eigenvalue weighted by atomic mass is 10.2. The predicted molar refractivity (Wildman–Crippen MR) is 98.6 cm³/mol. The van der Waals surface area contributed by atoms with E-state index in [1.807, 2.05) is 25.1 Å². The number of rotatable bonds is 7. The highest BCUT2D eigenvalue weighted by Crippen LogP contribution is 2.20. The molecule has 126 valence electrons. The second-order valence-electron chi connectivity index (χ2n) is 5.26. The van der Waals surface area contributed by atoms with Gasteiger partial charge in [-0.25, -0.2) is 0 Å². The molecular formula is C18H20ClN3O2. The fourth-order valence-electron chi connectivity index (χ4n) is 2.07. The predicted octanol–water partition coefficient (Wildman–Crippen LogP) is 4.13. The van der Waals surface area contributed by atoms with Gasteiger partial charge in [0.05, 0.1) is 17.3 Å². The summed E-state index contributed by atoms with van der Waals surface area (Å²) in [4.78, 5) is 23.5. The Labute approximate surface area is 146 Å². The fourth-order valence-corrected chi connectivity index (χ4v) is 2.28. The summed E-state index contributed by atoms with van der Waals surface area (Å²) in [6.45, 7) is 2.06. The fraction of sp³-hybridized carbons (Fsp3) is 0.222. The van der Waals surface area contributed by atoms with Crippen LogP contribution >= 0.6 is 11.6 Å². The topological polar surface area (TPSA) is 70.2 Å². The Bertz CT molecular complexity index is 702. The van der Waals surface area contributed by atoms with Crippen LogP contribution in [0.1, 0.15) is 19.8 Å². The van der Waals surface area contributed by atoms with Crippen molar-refractivity contribution in [3.05, 3.63) is 53.6 Å². The lowest BCUT2D eigenvalue weighted by molar-refractivity contribution is -0.116. The number of carbonyl (C=O) groups is 2. The van der Waals surface area contributed by atoms with Gasteiger partial charge in [-0.3, -0.25) is 9.59 Å². The van der Waals surface area contributed by atoms with E-state index in [-0.39, 0.29) is 18.4 Å². The number of para-hydroxylation sites is 1. The molecule has 0 atom stereocenters. The number of nitrogens with one attached hydrogen (secondary N) is 3. The van der Waals surface area contributed by atoms with E-state index in [4.69, 9.17) is 11.6 Å². The van der Waals surface area contributed by atoms with Crippen molar-refractivity contribution in [2.24, 2.45) is 0 Å². The minimum atomic E-state index is -0.183. The van der Waals surface area contributed by atoms with E-state index in [0.29, 0.717) is 28.5 Å². The van der Waals surface area contributed by atoms with Crippen LogP contribution in [0.5, 0.6) is 0 Å². The maximum absolute atomic E-state index is 12.0. The number of anilines is 3. The molecule has 2 aromatic rings. The van der Waals surface area contributed by atoms with Crippen molar-refractivity contribution >= 4 is 40.5 Å². The summed E-state index contributed by atoms with van der Waals surface area (Å²) in [6, 6.07) is 14.2. The molecule has 6 heteroatoms. The van der Waals surface area contributed by atoms with Crippen molar-refractivity contribution in [1.82, 2.24) is 0 Å². The van der Waals surface area contributed by atoms with Crippen molar-refractivity contribution in [3.8, 4) is 0 Å². The van der Waals surface area contributed by atoms with Crippen LogP contribution < -0.4 is 16.0 Å². The van der Waals surface area contributed by atoms with Crippen LogP contribution in [-0.4, -0.2) is 18.4 Å². The third kappa shape index (κ3) is 5.59. The monoisotopic (exact) mass is 345 g/mol. The highest BCUT2D eigenvalue weighted by atomic mass is 35.5. The van der Waals surface area contributed by atoms with Crippen molar-refractivity contribution in [1.29, 1.82) is 0 Å². The molecule has 0 aliphatic carbocycles. The van der Waals surface area contributed by atoms with Crippen LogP contribution in [0.25, 0.3) is 0 Å². The third-order valence-electron chi connectivity index (χ3n) is 3.24. The molecule has 2 aromatic carbocycles. The first kappa shape index (κ1) is 17.8. The van der Waals surface area contributed by atoms with Crippen molar-refractivity contribution in [2.45, 2.75) is 19.8 Å². The summed E-state index contributed by atoms with van der Waals surface area (Å²) in [5, 5.41) is 9.13. The Morgan fingerprint density at radius 2 is 1.50 bits per heavy atom. The molecule has 2 amide bonds. The Balaban J connectivity index is 1.83. The van der Waals surface area contributed by atoms with E-state index < -0.39 is 0 Å². The van der Waals surface area contributed by atoms with Gasteiger partial charge in [0, 0.05) is 17.8 Å². The molecule has 0 bridgehead atoms. The molecule has 0 fully saturated rings. The maximum Gasteiger partial charge on any atom is 0.243 e. The lowest BCUT2D eigenvalue weighted by Crippen LogP contribution is -2.21. The quantitative estimate of drug-likeness (QED) is 0.706. The minimum Gasteiger partial charge on any atom is -0.375 e. The second kappa shape index (κ2) is 8.93. The number of halogens is 1. The van der Waals surface area contributed by atoms with Gasteiger partial charge < -0.3 is 16.0 Å². The molecule has 0 aliphatic rings. The highest BCUT2D eigenvalue weighted by molar-refractivity contribution is 6.33. The molecular weight excluding hydrogens is 326 g/mol. The smallest absolute Gasteiger partial charge is 0.243 e. The van der Waals surface area contributed by atoms with Crippen LogP contribution in [0.15, 0.2) is 48.5 Å². The standard InChI is InChI=1S/C18H20ClN3O2/c1-2-5-17(23)21-13-8-10-14(11-9-13)22-18(24)12-20-16-7-4-3-6-15(16)19/h3-4,6-11,20H,2,5,12H2,1H3,(H,21,23)(H,22,24). The molecule has 0 saturated heterocycles. The van der Waals surface area contributed by atoms with Crippen molar-refractivity contribution < 1.29 is 9.59 Å². The number of hydrogen-bond acceptors (Lipinski definition) is 3. The molecule has 0 aliphatic heterocycles. The minimum absolute atomic E-state index is 0.0155. The van der Waals surface area contributed by atoms with Crippen LogP contribution in [0.3, 0.4) is 0 Å². The molecule has 0 saturated carbocycles. The Morgan fingerprint density at radius 3 is 2.08 bits per heavy atom. The van der Waals surface area contributed by atoms with E-state index in [1.165, 1.54) is 0 Å². The molecule has 0 heterocycles. The van der Waals surface area contributed by atoms with E-state index >= 15 is 0 Å². The van der Waals surface area contributed by atoms with Crippen molar-refractivity contribution in [3.63, 3.8) is 0 Å². The zero-order valence-corrected chi connectivity index (χ0v) is 14.2. The molecule has 0 radical (unpaired) electrons. The first-order valence-corrected chi connectivity index (χ1v) is 8.14. The van der Waals surface area contributed by atoms with Gasteiger partial charge in [-0.05, 0) is 42.8 Å². The number of hydrogen-bond donors (Lipinski definition) is 3. The largest absolute Gasteiger partial charge is 0.375 e. The molecule has 24 heavy (non-hydrogen) atoms. The van der Waals surface area contributed by atoms with Gasteiger partial charge in [0.2, 0.25) is 11.8 Å².